The van der Waals surface area contributed by atoms with Gasteiger partial charge in [0.2, 0.25) is 0 Å². The van der Waals surface area contributed by atoms with Crippen LogP contribution in [0.5, 0.6) is 11.5 Å². The van der Waals surface area contributed by atoms with Crippen molar-refractivity contribution in [2.75, 3.05) is 56.9 Å². The third kappa shape index (κ3) is 4.52. The number of nitrogens with zero attached hydrogens (tertiary/aromatic N) is 5. The number of hydrogen-bond donors (Lipinski definition) is 0. The number of aliphatic imine (C=N–C) groups is 1. The van der Waals surface area contributed by atoms with Gasteiger partial charge in [-0.15, -0.1) is 0 Å². The summed E-state index contributed by atoms with van der Waals surface area (Å²) < 4.78 is 16.5. The molecule has 35 heavy (non-hydrogen) atoms. The van der Waals surface area contributed by atoms with Crippen LogP contribution in [0.25, 0.3) is 0 Å². The van der Waals surface area contributed by atoms with E-state index in [-0.39, 0.29) is 12.1 Å². The number of carbonyl (C=O) groups excluding carboxylic acids is 1. The van der Waals surface area contributed by atoms with Crippen LogP contribution in [-0.2, 0) is 11.3 Å². The van der Waals surface area contributed by atoms with Gasteiger partial charge in [0.25, 0.3) is 0 Å². The minimum atomic E-state index is -0.0675. The molecule has 9 nitrogen and oxygen atoms in total. The molecule has 1 aromatic heterocycles. The number of ether oxygens (including phenoxy) is 3. The first-order valence-corrected chi connectivity index (χ1v) is 12.2. The smallest absolute Gasteiger partial charge is 0.330 e. The number of benzene rings is 1. The lowest BCUT2D eigenvalue weighted by Crippen LogP contribution is -2.53. The Morgan fingerprint density at radius 2 is 1.80 bits per heavy atom. The number of morpholine rings is 1. The highest BCUT2D eigenvalue weighted by molar-refractivity contribution is 6.19. The topological polar surface area (TPSA) is 79.7 Å². The molecule has 1 unspecified atom stereocenters. The summed E-state index contributed by atoms with van der Waals surface area (Å²) in [7, 11) is 3.25. The number of amidine groups is 1. The Balaban J connectivity index is 1.56. The van der Waals surface area contributed by atoms with Gasteiger partial charge >= 0.3 is 6.03 Å². The average molecular weight is 480 g/mol. The van der Waals surface area contributed by atoms with Crippen LogP contribution >= 0.6 is 0 Å². The zero-order valence-electron chi connectivity index (χ0n) is 20.9. The van der Waals surface area contributed by atoms with Gasteiger partial charge in [-0.3, -0.25) is 14.8 Å². The Bertz CT molecular complexity index is 1110. The maximum absolute atomic E-state index is 14.0. The Morgan fingerprint density at radius 3 is 2.46 bits per heavy atom. The van der Waals surface area contributed by atoms with Crippen LogP contribution in [0.3, 0.4) is 0 Å². The molecule has 3 aliphatic heterocycles. The fraction of sp³-hybridized carbons (Fsp3) is 0.500. The number of anilines is 2. The number of pyridine rings is 1. The van der Waals surface area contributed by atoms with Gasteiger partial charge < -0.3 is 19.1 Å². The highest BCUT2D eigenvalue weighted by atomic mass is 16.5. The largest absolute Gasteiger partial charge is 0.497 e. The molecule has 9 heteroatoms. The molecule has 1 fully saturated rings. The van der Waals surface area contributed by atoms with Crippen LogP contribution in [0.2, 0.25) is 0 Å². The fourth-order valence-corrected chi connectivity index (χ4v) is 5.02. The number of aromatic nitrogens is 1. The minimum absolute atomic E-state index is 0.0358. The molecule has 0 N–H and O–H groups in total. The molecule has 0 radical (unpaired) electrons. The van der Waals surface area contributed by atoms with Gasteiger partial charge in [-0.1, -0.05) is 13.8 Å². The van der Waals surface area contributed by atoms with Crippen molar-refractivity contribution < 1.29 is 19.0 Å². The molecule has 4 heterocycles. The van der Waals surface area contributed by atoms with Crippen LogP contribution in [-0.4, -0.2) is 74.9 Å². The van der Waals surface area contributed by atoms with E-state index in [1.807, 2.05) is 34.2 Å². The molecule has 0 bridgehead atoms. The Morgan fingerprint density at radius 1 is 1.09 bits per heavy atom. The molecule has 1 atom stereocenters. The van der Waals surface area contributed by atoms with Gasteiger partial charge in [-0.25, -0.2) is 9.78 Å². The molecule has 3 aliphatic rings. The van der Waals surface area contributed by atoms with Crippen molar-refractivity contribution in [1.29, 1.82) is 0 Å². The van der Waals surface area contributed by atoms with Gasteiger partial charge in [0, 0.05) is 19.2 Å². The monoisotopic (exact) mass is 479 g/mol. The lowest BCUT2D eigenvalue weighted by molar-refractivity contribution is 0.122. The molecular formula is C26H33N5O4. The van der Waals surface area contributed by atoms with E-state index in [2.05, 4.69) is 24.8 Å². The summed E-state index contributed by atoms with van der Waals surface area (Å²) >= 11 is 0. The molecule has 186 valence electrons. The van der Waals surface area contributed by atoms with Crippen molar-refractivity contribution in [3.8, 4) is 11.5 Å². The highest BCUT2D eigenvalue weighted by Gasteiger charge is 2.43. The van der Waals surface area contributed by atoms with Crippen LogP contribution in [0.1, 0.15) is 31.5 Å². The van der Waals surface area contributed by atoms with E-state index in [9.17, 15) is 4.79 Å². The SMILES string of the molecule is COc1cc(CN2C(=O)N3C(=NCC3CC(C)C)c3ncc(N4CCOCC4)cc32)cc(OC)c1. The second-order valence-electron chi connectivity index (χ2n) is 9.57. The first kappa shape index (κ1) is 23.4. The average Bonchev–Trinajstić information content (AvgIpc) is 3.29. The highest BCUT2D eigenvalue weighted by Crippen LogP contribution is 2.37. The number of methoxy groups -OCH3 is 2. The zero-order chi connectivity index (χ0) is 24.5. The number of fused-ring (bicyclic) bond motifs is 3. The number of amides is 2. The van der Waals surface area contributed by atoms with Gasteiger partial charge in [-0.05, 0) is 36.1 Å². The molecule has 0 aliphatic carbocycles. The molecule has 1 aromatic carbocycles. The minimum Gasteiger partial charge on any atom is -0.497 e. The Labute approximate surface area is 206 Å². The summed E-state index contributed by atoms with van der Waals surface area (Å²) in [6.45, 7) is 8.27. The molecule has 2 aromatic rings. The van der Waals surface area contributed by atoms with Crippen molar-refractivity contribution in [3.63, 3.8) is 0 Å². The summed E-state index contributed by atoms with van der Waals surface area (Å²) in [4.78, 5) is 29.6. The van der Waals surface area contributed by atoms with E-state index in [0.29, 0.717) is 49.6 Å². The van der Waals surface area contributed by atoms with Gasteiger partial charge in [0.05, 0.1) is 64.1 Å². The molecular weight excluding hydrogens is 446 g/mol. The maximum Gasteiger partial charge on any atom is 0.330 e. The standard InChI is InChI=1S/C26H33N5O4/c1-17(2)9-20-15-28-25-24-23(12-19(14-27-24)29-5-7-35-8-6-29)30(26(32)31(20)25)16-18-10-21(33-3)13-22(11-18)34-4/h10-14,17,20H,5-9,15-16H2,1-4H3. The maximum atomic E-state index is 14.0. The summed E-state index contributed by atoms with van der Waals surface area (Å²) in [6.07, 6.45) is 2.78. The van der Waals surface area contributed by atoms with Gasteiger partial charge in [0.15, 0.2) is 5.84 Å². The summed E-state index contributed by atoms with van der Waals surface area (Å²) in [5, 5.41) is 0. The normalized spacial score (nSPS) is 19.6. The van der Waals surface area contributed by atoms with Crippen molar-refractivity contribution in [1.82, 2.24) is 9.88 Å². The summed E-state index contributed by atoms with van der Waals surface area (Å²) in [5.41, 5.74) is 3.43. The third-order valence-corrected chi connectivity index (χ3v) is 6.71. The molecule has 0 saturated carbocycles. The van der Waals surface area contributed by atoms with Crippen molar-refractivity contribution in [2.24, 2.45) is 10.9 Å². The van der Waals surface area contributed by atoms with Crippen LogP contribution in [0.15, 0.2) is 35.5 Å². The molecule has 0 spiro atoms. The Kier molecular flexibility index (Phi) is 6.51. The summed E-state index contributed by atoms with van der Waals surface area (Å²) in [6, 6.07) is 7.74. The first-order valence-electron chi connectivity index (χ1n) is 12.2. The Hall–Kier alpha value is -3.33. The first-order chi connectivity index (χ1) is 17.0. The second-order valence-corrected chi connectivity index (χ2v) is 9.57. The van der Waals surface area contributed by atoms with E-state index < -0.39 is 0 Å². The van der Waals surface area contributed by atoms with Gasteiger partial charge in [0.1, 0.15) is 17.2 Å². The van der Waals surface area contributed by atoms with Crippen LogP contribution in [0, 0.1) is 5.92 Å². The summed E-state index contributed by atoms with van der Waals surface area (Å²) in [5.74, 6) is 2.51. The fourth-order valence-electron chi connectivity index (χ4n) is 5.02. The predicted molar refractivity (Wildman–Crippen MR) is 135 cm³/mol. The van der Waals surface area contributed by atoms with Gasteiger partial charge in [-0.2, -0.15) is 0 Å². The number of urea groups is 1. The van der Waals surface area contributed by atoms with Crippen LogP contribution < -0.4 is 19.3 Å². The van der Waals surface area contributed by atoms with Crippen LogP contribution in [0.4, 0.5) is 16.2 Å². The van der Waals surface area contributed by atoms with E-state index >= 15 is 0 Å². The van der Waals surface area contributed by atoms with E-state index in [0.717, 1.165) is 42.1 Å². The van der Waals surface area contributed by atoms with Crippen molar-refractivity contribution in [2.45, 2.75) is 32.9 Å². The van der Waals surface area contributed by atoms with E-state index in [1.165, 1.54) is 0 Å². The lowest BCUT2D eigenvalue weighted by atomic mass is 10.0. The third-order valence-electron chi connectivity index (χ3n) is 6.71. The van der Waals surface area contributed by atoms with E-state index in [4.69, 9.17) is 24.2 Å². The van der Waals surface area contributed by atoms with E-state index in [1.54, 1.807) is 14.2 Å². The number of rotatable bonds is 7. The molecule has 5 rings (SSSR count). The zero-order valence-corrected chi connectivity index (χ0v) is 20.9. The predicted octanol–water partition coefficient (Wildman–Crippen LogP) is 3.55. The quantitative estimate of drug-likeness (QED) is 0.604. The lowest BCUT2D eigenvalue weighted by Gasteiger charge is -2.39. The van der Waals surface area contributed by atoms with Crippen molar-refractivity contribution in [3.05, 3.63) is 41.7 Å². The molecule has 2 amide bonds. The number of hydrogen-bond acceptors (Lipinski definition) is 7. The van der Waals surface area contributed by atoms with Crippen molar-refractivity contribution >= 4 is 23.2 Å². The molecule has 1 saturated heterocycles. The second kappa shape index (κ2) is 9.73. The number of carbonyl (C=O) groups is 1.